The Labute approximate surface area is 101 Å². The van der Waals surface area contributed by atoms with Crippen LogP contribution < -0.4 is 5.56 Å². The Bertz CT molecular complexity index is 453. The Morgan fingerprint density at radius 3 is 2.76 bits per heavy atom. The maximum absolute atomic E-state index is 11.9. The smallest absolute Gasteiger partial charge is 0.254 e. The molecule has 1 aliphatic carbocycles. The minimum atomic E-state index is -0.0823. The van der Waals surface area contributed by atoms with Gasteiger partial charge in [0.05, 0.1) is 0 Å². The second kappa shape index (κ2) is 5.00. The third kappa shape index (κ3) is 2.57. The number of H-pyrrole nitrogens is 1. The van der Waals surface area contributed by atoms with Crippen molar-refractivity contribution in [3.63, 3.8) is 0 Å². The van der Waals surface area contributed by atoms with Gasteiger partial charge in [-0.15, -0.1) is 0 Å². The predicted octanol–water partition coefficient (Wildman–Crippen LogP) is 1.52. The number of aromatic amines is 1. The van der Waals surface area contributed by atoms with E-state index in [-0.39, 0.29) is 12.2 Å². The molecule has 1 saturated carbocycles. The average molecular weight is 236 g/mol. The van der Waals surface area contributed by atoms with Gasteiger partial charge in [-0.1, -0.05) is 6.92 Å². The van der Waals surface area contributed by atoms with E-state index in [0.717, 1.165) is 30.3 Å². The first kappa shape index (κ1) is 12.3. The van der Waals surface area contributed by atoms with Gasteiger partial charge in [-0.2, -0.15) is 0 Å². The maximum atomic E-state index is 11.9. The van der Waals surface area contributed by atoms with Gasteiger partial charge in [0.1, 0.15) is 5.82 Å². The van der Waals surface area contributed by atoms with E-state index >= 15 is 0 Å². The molecule has 0 aliphatic heterocycles. The molecule has 0 bridgehead atoms. The van der Waals surface area contributed by atoms with E-state index in [2.05, 4.69) is 16.9 Å². The lowest BCUT2D eigenvalue weighted by Gasteiger charge is -2.11. The summed E-state index contributed by atoms with van der Waals surface area (Å²) < 4.78 is 0. The zero-order valence-electron chi connectivity index (χ0n) is 10.5. The minimum Gasteiger partial charge on any atom is -0.396 e. The third-order valence-corrected chi connectivity index (χ3v) is 3.68. The van der Waals surface area contributed by atoms with Crippen molar-refractivity contribution in [1.29, 1.82) is 0 Å². The Morgan fingerprint density at radius 1 is 1.47 bits per heavy atom. The highest BCUT2D eigenvalue weighted by molar-refractivity contribution is 5.18. The maximum Gasteiger partial charge on any atom is 0.254 e. The molecule has 1 aliphatic rings. The zero-order valence-corrected chi connectivity index (χ0v) is 10.5. The highest BCUT2D eigenvalue weighted by atomic mass is 16.3. The van der Waals surface area contributed by atoms with Crippen LogP contribution in [0.1, 0.15) is 49.2 Å². The third-order valence-electron chi connectivity index (χ3n) is 3.68. The molecule has 2 N–H and O–H groups in total. The molecule has 2 atom stereocenters. The second-order valence-electron chi connectivity index (χ2n) is 5.10. The van der Waals surface area contributed by atoms with Gasteiger partial charge in [0.2, 0.25) is 0 Å². The standard InChI is InChI=1S/C13H20N2O2/c1-8-3-4-10(7-8)12-14-9(2)11(5-6-16)13(17)15-12/h8,10,16H,3-7H2,1-2H3,(H,14,15,17). The van der Waals surface area contributed by atoms with Gasteiger partial charge >= 0.3 is 0 Å². The molecule has 0 amide bonds. The topological polar surface area (TPSA) is 66.0 Å². The van der Waals surface area contributed by atoms with Crippen LogP contribution in [0.5, 0.6) is 0 Å². The SMILES string of the molecule is Cc1nc(C2CCC(C)C2)[nH]c(=O)c1CCO. The normalized spacial score (nSPS) is 24.2. The van der Waals surface area contributed by atoms with E-state index in [1.165, 1.54) is 6.42 Å². The monoisotopic (exact) mass is 236 g/mol. The van der Waals surface area contributed by atoms with E-state index in [9.17, 15) is 4.79 Å². The summed E-state index contributed by atoms with van der Waals surface area (Å²) in [5, 5.41) is 8.90. The van der Waals surface area contributed by atoms with Crippen LogP contribution in [0, 0.1) is 12.8 Å². The molecule has 17 heavy (non-hydrogen) atoms. The van der Waals surface area contributed by atoms with Gasteiger partial charge < -0.3 is 10.1 Å². The highest BCUT2D eigenvalue weighted by Gasteiger charge is 2.25. The summed E-state index contributed by atoms with van der Waals surface area (Å²) in [7, 11) is 0. The van der Waals surface area contributed by atoms with Crippen LogP contribution in [0.15, 0.2) is 4.79 Å². The lowest BCUT2D eigenvalue weighted by molar-refractivity contribution is 0.298. The number of nitrogens with zero attached hydrogens (tertiary/aromatic N) is 1. The fourth-order valence-electron chi connectivity index (χ4n) is 2.69. The number of rotatable bonds is 3. The number of aromatic nitrogens is 2. The molecule has 0 saturated heterocycles. The van der Waals surface area contributed by atoms with Gasteiger partial charge in [-0.05, 0) is 32.1 Å². The van der Waals surface area contributed by atoms with E-state index in [1.54, 1.807) is 0 Å². The van der Waals surface area contributed by atoms with E-state index in [4.69, 9.17) is 5.11 Å². The quantitative estimate of drug-likeness (QED) is 0.836. The molecule has 1 heterocycles. The summed E-state index contributed by atoms with van der Waals surface area (Å²) >= 11 is 0. The molecule has 2 unspecified atom stereocenters. The van der Waals surface area contributed by atoms with Gasteiger partial charge in [0.25, 0.3) is 5.56 Å². The summed E-state index contributed by atoms with van der Waals surface area (Å²) in [6, 6.07) is 0. The van der Waals surface area contributed by atoms with Crippen molar-refractivity contribution < 1.29 is 5.11 Å². The molecule has 1 aromatic rings. The van der Waals surface area contributed by atoms with Crippen molar-refractivity contribution in [3.8, 4) is 0 Å². The molecule has 4 heteroatoms. The van der Waals surface area contributed by atoms with E-state index < -0.39 is 0 Å². The zero-order chi connectivity index (χ0) is 12.4. The summed E-state index contributed by atoms with van der Waals surface area (Å²) in [6.45, 7) is 4.08. The molecule has 1 fully saturated rings. The molecule has 1 aromatic heterocycles. The minimum absolute atomic E-state index is 0.00852. The van der Waals surface area contributed by atoms with Crippen molar-refractivity contribution in [1.82, 2.24) is 9.97 Å². The van der Waals surface area contributed by atoms with Crippen molar-refractivity contribution >= 4 is 0 Å². The summed E-state index contributed by atoms with van der Waals surface area (Å²) in [4.78, 5) is 19.3. The molecule has 0 spiro atoms. The van der Waals surface area contributed by atoms with E-state index in [1.807, 2.05) is 6.92 Å². The summed E-state index contributed by atoms with van der Waals surface area (Å²) in [5.41, 5.74) is 1.29. The number of aliphatic hydroxyl groups is 1. The predicted molar refractivity (Wildman–Crippen MR) is 66.1 cm³/mol. The van der Waals surface area contributed by atoms with E-state index in [0.29, 0.717) is 17.9 Å². The first-order valence-corrected chi connectivity index (χ1v) is 6.32. The Balaban J connectivity index is 2.29. The van der Waals surface area contributed by atoms with Crippen LogP contribution in [0.3, 0.4) is 0 Å². The highest BCUT2D eigenvalue weighted by Crippen LogP contribution is 2.36. The van der Waals surface area contributed by atoms with Crippen LogP contribution in [0.2, 0.25) is 0 Å². The van der Waals surface area contributed by atoms with Crippen molar-refractivity contribution in [2.75, 3.05) is 6.61 Å². The molecule has 0 radical (unpaired) electrons. The lowest BCUT2D eigenvalue weighted by atomic mass is 10.0. The van der Waals surface area contributed by atoms with Gasteiger partial charge in [-0.25, -0.2) is 4.98 Å². The molecule has 4 nitrogen and oxygen atoms in total. The number of aliphatic hydroxyl groups excluding tert-OH is 1. The van der Waals surface area contributed by atoms with Crippen LogP contribution in [0.25, 0.3) is 0 Å². The lowest BCUT2D eigenvalue weighted by Crippen LogP contribution is -2.21. The van der Waals surface area contributed by atoms with Gasteiger partial charge in [0.15, 0.2) is 0 Å². The van der Waals surface area contributed by atoms with Crippen molar-refractivity contribution in [2.45, 2.75) is 45.4 Å². The van der Waals surface area contributed by atoms with Crippen LogP contribution in [0.4, 0.5) is 0 Å². The Hall–Kier alpha value is -1.16. The fraction of sp³-hybridized carbons (Fsp3) is 0.692. The largest absolute Gasteiger partial charge is 0.396 e. The number of aryl methyl sites for hydroxylation is 1. The number of hydrogen-bond donors (Lipinski definition) is 2. The van der Waals surface area contributed by atoms with Gasteiger partial charge in [-0.3, -0.25) is 4.79 Å². The number of hydrogen-bond acceptors (Lipinski definition) is 3. The number of nitrogens with one attached hydrogen (secondary N) is 1. The molecule has 94 valence electrons. The second-order valence-corrected chi connectivity index (χ2v) is 5.10. The molecule has 2 rings (SSSR count). The van der Waals surface area contributed by atoms with Crippen molar-refractivity contribution in [3.05, 3.63) is 27.4 Å². The van der Waals surface area contributed by atoms with Crippen LogP contribution in [-0.4, -0.2) is 21.7 Å². The van der Waals surface area contributed by atoms with Crippen LogP contribution >= 0.6 is 0 Å². The summed E-state index contributed by atoms with van der Waals surface area (Å²) in [5.74, 6) is 1.96. The molecular formula is C13H20N2O2. The summed E-state index contributed by atoms with van der Waals surface area (Å²) in [6.07, 6.45) is 3.83. The first-order valence-electron chi connectivity index (χ1n) is 6.32. The average Bonchev–Trinajstić information content (AvgIpc) is 2.70. The Morgan fingerprint density at radius 2 is 2.24 bits per heavy atom. The van der Waals surface area contributed by atoms with Gasteiger partial charge in [0, 0.05) is 30.2 Å². The Kier molecular flexibility index (Phi) is 3.62. The molecule has 0 aromatic carbocycles. The first-order chi connectivity index (χ1) is 8.11. The van der Waals surface area contributed by atoms with Crippen molar-refractivity contribution in [2.24, 2.45) is 5.92 Å². The molecular weight excluding hydrogens is 216 g/mol. The fourth-order valence-corrected chi connectivity index (χ4v) is 2.69. The van der Waals surface area contributed by atoms with Crippen LogP contribution in [-0.2, 0) is 6.42 Å².